The highest BCUT2D eigenvalue weighted by molar-refractivity contribution is 6.16. The van der Waals surface area contributed by atoms with Crippen LogP contribution in [0.4, 0.5) is 85.7 Å². The molecule has 0 fully saturated rings. The highest BCUT2D eigenvalue weighted by Crippen LogP contribution is 2.56. The molecule has 0 N–H and O–H groups in total. The molecular weight excluding hydrogens is 1670 g/mol. The third-order valence-electron chi connectivity index (χ3n) is 27.4. The van der Waals surface area contributed by atoms with Crippen molar-refractivity contribution in [2.24, 2.45) is 0 Å². The van der Waals surface area contributed by atoms with Crippen LogP contribution >= 0.6 is 0 Å². The van der Waals surface area contributed by atoms with E-state index in [1.54, 1.807) is 0 Å². The molecule has 5 atom stereocenters. The highest BCUT2D eigenvalue weighted by Gasteiger charge is 2.44. The van der Waals surface area contributed by atoms with Crippen LogP contribution in [0.5, 0.6) is 0 Å². The molecule has 20 aromatic rings. The van der Waals surface area contributed by atoms with Crippen LogP contribution in [0.3, 0.4) is 0 Å². The first kappa shape index (κ1) is 84.4. The first-order valence-electron chi connectivity index (χ1n) is 48.1. The molecule has 5 unspecified atom stereocenters. The molecule has 5 aliphatic rings. The number of aryl methyl sites for hydroxylation is 5. The Balaban J connectivity index is 0.000000110. The molecule has 0 aliphatic carbocycles. The van der Waals surface area contributed by atoms with Crippen molar-refractivity contribution in [3.63, 3.8) is 0 Å². The first-order valence-corrected chi connectivity index (χ1v) is 46.1. The van der Waals surface area contributed by atoms with Gasteiger partial charge in [-0.05, 0) is 243 Å². The SMILES string of the molecule is C.C.Cc1ccc2c(oc3ccccc32)c1N1c2ncccc2N(C)C1C.[2H]C(C)(C)N1c2ccccc2N(c2c(C)ccc3c2oc2ccccc23)C1C.[2H]C(C)(C)N1c2ccccc2N(c2c(C)ccc3c2oc2ccccc23)C1C.[2H]C(C)(C)N1c2cccnc2N(c2c(C)ccc3c2oc2ccccc23)C1C.[2H]C(C)(C)N1c2cccnc2N(c2c(C)ccc3c2oc2ccccc23)C1C. The van der Waals surface area contributed by atoms with Crippen LogP contribution in [-0.2, 0) is 0 Å². The molecule has 0 radical (unpaired) electrons. The van der Waals surface area contributed by atoms with Gasteiger partial charge in [-0.2, -0.15) is 0 Å². The molecule has 684 valence electrons. The Morgan fingerprint density at radius 3 is 0.719 bits per heavy atom. The minimum atomic E-state index is -0.776. The van der Waals surface area contributed by atoms with Crippen LogP contribution in [0, 0.1) is 34.6 Å². The van der Waals surface area contributed by atoms with Crippen molar-refractivity contribution < 1.29 is 27.6 Å². The number of benzene rings is 12. The molecule has 18 nitrogen and oxygen atoms in total. The number of furan rings is 5. The zero-order valence-electron chi connectivity index (χ0n) is 82.9. The number of anilines is 15. The number of nitrogens with zero attached hydrogens (tertiary/aromatic N) is 13. The topological polar surface area (TPSA) is 137 Å². The van der Waals surface area contributed by atoms with Gasteiger partial charge in [-0.15, -0.1) is 0 Å². The Morgan fingerprint density at radius 1 is 0.237 bits per heavy atom. The Labute approximate surface area is 797 Å². The van der Waals surface area contributed by atoms with Crippen molar-refractivity contribution in [3.8, 4) is 0 Å². The summed E-state index contributed by atoms with van der Waals surface area (Å²) < 4.78 is 66.5. The monoisotopic (exact) mass is 1790 g/mol. The summed E-state index contributed by atoms with van der Waals surface area (Å²) in [4.78, 5) is 36.2. The van der Waals surface area contributed by atoms with Gasteiger partial charge in [0.1, 0.15) is 58.7 Å². The molecule has 0 saturated heterocycles. The van der Waals surface area contributed by atoms with E-state index in [9.17, 15) is 0 Å². The molecule has 12 aromatic carbocycles. The van der Waals surface area contributed by atoms with Crippen molar-refractivity contribution in [2.75, 3.05) is 56.0 Å². The first-order chi connectivity index (χ1) is 65.7. The number of hydrogen-bond acceptors (Lipinski definition) is 18. The summed E-state index contributed by atoms with van der Waals surface area (Å²) in [7, 11) is 2.11. The van der Waals surface area contributed by atoms with Gasteiger partial charge < -0.3 is 71.1 Å². The van der Waals surface area contributed by atoms with Crippen molar-refractivity contribution >= 4 is 195 Å². The second kappa shape index (κ2) is 35.2. The molecule has 13 heterocycles. The second-order valence-electron chi connectivity index (χ2n) is 36.4. The van der Waals surface area contributed by atoms with Gasteiger partial charge in [0, 0.05) is 104 Å². The van der Waals surface area contributed by atoms with Crippen LogP contribution in [-0.4, -0.2) is 76.9 Å². The molecule has 0 amide bonds. The lowest BCUT2D eigenvalue weighted by Crippen LogP contribution is -2.42. The average Bonchev–Trinajstić information content (AvgIpc) is 1.60. The Kier molecular flexibility index (Phi) is 22.0. The smallest absolute Gasteiger partial charge is 0.159 e. The van der Waals surface area contributed by atoms with Crippen LogP contribution in [0.2, 0.25) is 0 Å². The minimum Gasteiger partial charge on any atom is -0.454 e. The van der Waals surface area contributed by atoms with Gasteiger partial charge in [-0.3, -0.25) is 0 Å². The lowest BCUT2D eigenvalue weighted by atomic mass is 10.1. The fourth-order valence-electron chi connectivity index (χ4n) is 21.5. The van der Waals surface area contributed by atoms with Gasteiger partial charge in [-0.1, -0.05) is 191 Å². The molecule has 5 aliphatic heterocycles. The van der Waals surface area contributed by atoms with Crippen molar-refractivity contribution in [2.45, 2.75) is 194 Å². The van der Waals surface area contributed by atoms with E-state index >= 15 is 0 Å². The fourth-order valence-corrected chi connectivity index (χ4v) is 21.5. The van der Waals surface area contributed by atoms with Gasteiger partial charge in [0.15, 0.2) is 45.4 Å². The van der Waals surface area contributed by atoms with E-state index in [4.69, 9.17) is 37.5 Å². The number of para-hydroxylation sites is 9. The molecule has 0 bridgehead atoms. The normalized spacial score (nSPS) is 17.2. The lowest BCUT2D eigenvalue weighted by Gasteiger charge is -2.33. The maximum atomic E-state index is 8.72. The minimum absolute atomic E-state index is 0. The van der Waals surface area contributed by atoms with E-state index in [0.717, 1.165) is 218 Å². The number of fused-ring (bicyclic) bond motifs is 20. The molecule has 8 aromatic heterocycles. The van der Waals surface area contributed by atoms with Crippen molar-refractivity contribution in [3.05, 3.63) is 313 Å². The summed E-state index contributed by atoms with van der Waals surface area (Å²) in [6.07, 6.45) is 5.53. The summed E-state index contributed by atoms with van der Waals surface area (Å²) >= 11 is 0. The average molecular weight is 1790 g/mol. The predicted octanol–water partition coefficient (Wildman–Crippen LogP) is 31.7. The molecule has 0 spiro atoms. The maximum absolute atomic E-state index is 8.72. The highest BCUT2D eigenvalue weighted by atomic mass is 16.3. The number of pyridine rings is 3. The van der Waals surface area contributed by atoms with E-state index in [0.29, 0.717) is 0 Å². The molecular formula is C117H121N13O5. The third kappa shape index (κ3) is 14.5. The van der Waals surface area contributed by atoms with Crippen LogP contribution in [0.15, 0.2) is 308 Å². The zero-order chi connectivity index (χ0) is 95.6. The van der Waals surface area contributed by atoms with E-state index in [1.165, 1.54) is 5.56 Å². The predicted molar refractivity (Wildman–Crippen MR) is 568 cm³/mol. The summed E-state index contributed by atoms with van der Waals surface area (Å²) in [5, 5.41) is 11.3. The molecule has 135 heavy (non-hydrogen) atoms. The van der Waals surface area contributed by atoms with Crippen molar-refractivity contribution in [1.82, 2.24) is 15.0 Å². The fraction of sp³-hybridized carbons (Fsp3) is 0.256. The van der Waals surface area contributed by atoms with Crippen molar-refractivity contribution in [1.29, 1.82) is 0 Å². The third-order valence-corrected chi connectivity index (χ3v) is 27.4. The van der Waals surface area contributed by atoms with Crippen LogP contribution < -0.4 is 49.0 Å². The van der Waals surface area contributed by atoms with E-state index in [2.05, 4.69) is 282 Å². The van der Waals surface area contributed by atoms with Gasteiger partial charge in [-0.25, -0.2) is 15.0 Å². The van der Waals surface area contributed by atoms with E-state index in [1.807, 2.05) is 189 Å². The quantitative estimate of drug-likeness (QED) is 0.135. The Morgan fingerprint density at radius 2 is 0.444 bits per heavy atom. The Hall–Kier alpha value is -14.9. The number of rotatable bonds is 9. The summed E-state index contributed by atoms with van der Waals surface area (Å²) in [6.45, 7) is 36.8. The lowest BCUT2D eigenvalue weighted by molar-refractivity contribution is 0.602. The molecule has 0 saturated carbocycles. The Bertz CT molecular complexity index is 7370. The maximum Gasteiger partial charge on any atom is 0.159 e. The number of aromatic nitrogens is 3. The van der Waals surface area contributed by atoms with Crippen LogP contribution in [0.1, 0.15) is 138 Å². The summed E-state index contributed by atoms with van der Waals surface area (Å²) in [5.74, 6) is 2.71. The van der Waals surface area contributed by atoms with Gasteiger partial charge >= 0.3 is 0 Å². The second-order valence-corrected chi connectivity index (χ2v) is 36.4. The largest absolute Gasteiger partial charge is 0.454 e. The van der Waals surface area contributed by atoms with E-state index in [-0.39, 0.29) is 45.7 Å². The van der Waals surface area contributed by atoms with Gasteiger partial charge in [0.25, 0.3) is 0 Å². The standard InChI is InChI=1S/2C24H24N2O.2C23H23N3O.C21H19N3O.2CH4/c2*1-15(2)25-17(4)26(21-11-7-6-10-20(21)25)23-16(3)13-14-19-18-9-5-8-12-22(18)27-24(19)23;2*1-14(2)25-16(4)26(23-19(25)9-7-13-24-23)21-15(3)11-12-18-17-8-5-6-10-20(17)27-22(18)21;1-13-10-11-16-15-7-4-5-9-18(15)25-20(16)19(13)24-14(2)23(3)17-8-6-12-22-21(17)24;;/h2*5-15,17H,1-4H3;2*5-14,16H,1-4H3;4-12,14H,1-3H3;2*1H4/i2*15D;2*14D;;;. The zero-order valence-corrected chi connectivity index (χ0v) is 78.9. The summed E-state index contributed by atoms with van der Waals surface area (Å²) in [6, 6.07) is 88.1. The van der Waals surface area contributed by atoms with Crippen LogP contribution in [0.25, 0.3) is 110 Å². The molecule has 18 heteroatoms. The summed E-state index contributed by atoms with van der Waals surface area (Å²) in [5.41, 5.74) is 27.6. The van der Waals surface area contributed by atoms with Gasteiger partial charge in [0.05, 0.1) is 73.7 Å². The van der Waals surface area contributed by atoms with E-state index < -0.39 is 24.1 Å². The molecule has 25 rings (SSSR count). The number of hydrogen-bond donors (Lipinski definition) is 0. The van der Waals surface area contributed by atoms with Gasteiger partial charge in [0.2, 0.25) is 0 Å².